The third-order valence-electron chi connectivity index (χ3n) is 5.14. The smallest absolute Gasteiger partial charge is 0.233 e. The average molecular weight is 272 g/mol. The number of hydrogen-bond acceptors (Lipinski definition) is 3. The highest BCUT2D eigenvalue weighted by atomic mass is 16.5. The average Bonchev–Trinajstić information content (AvgIpc) is 3.10. The largest absolute Gasteiger partial charge is 0.380 e. The Morgan fingerprint density at radius 3 is 2.80 bits per heavy atom. The Morgan fingerprint density at radius 2 is 2.05 bits per heavy atom. The van der Waals surface area contributed by atoms with Crippen LogP contribution >= 0.6 is 0 Å². The number of rotatable bonds is 1. The van der Waals surface area contributed by atoms with Crippen molar-refractivity contribution < 1.29 is 9.53 Å². The lowest BCUT2D eigenvalue weighted by atomic mass is 9.74. The van der Waals surface area contributed by atoms with E-state index in [2.05, 4.69) is 29.6 Å². The number of amides is 1. The van der Waals surface area contributed by atoms with Crippen molar-refractivity contribution in [3.63, 3.8) is 0 Å². The fourth-order valence-electron chi connectivity index (χ4n) is 3.94. The molecule has 0 aliphatic carbocycles. The van der Waals surface area contributed by atoms with E-state index in [1.165, 1.54) is 11.1 Å². The van der Waals surface area contributed by atoms with Gasteiger partial charge >= 0.3 is 0 Å². The van der Waals surface area contributed by atoms with Gasteiger partial charge in [-0.25, -0.2) is 0 Å². The van der Waals surface area contributed by atoms with E-state index in [9.17, 15) is 4.79 Å². The van der Waals surface area contributed by atoms with Crippen molar-refractivity contribution in [1.82, 2.24) is 10.2 Å². The molecule has 0 unspecified atom stereocenters. The van der Waals surface area contributed by atoms with Crippen LogP contribution in [0.15, 0.2) is 24.3 Å². The third kappa shape index (κ3) is 1.71. The Balaban J connectivity index is 1.59. The lowest BCUT2D eigenvalue weighted by Gasteiger charge is -2.39. The molecule has 106 valence electrons. The number of nitrogens with one attached hydrogen (secondary N) is 1. The summed E-state index contributed by atoms with van der Waals surface area (Å²) in [5, 5.41) is 3.40. The molecule has 4 rings (SSSR count). The molecule has 1 aromatic carbocycles. The zero-order valence-electron chi connectivity index (χ0n) is 11.6. The van der Waals surface area contributed by atoms with Crippen molar-refractivity contribution in [2.45, 2.75) is 19.5 Å². The van der Waals surface area contributed by atoms with Crippen LogP contribution in [0, 0.1) is 11.3 Å². The van der Waals surface area contributed by atoms with Crippen LogP contribution in [0.4, 0.5) is 0 Å². The molecule has 1 amide bonds. The second kappa shape index (κ2) is 4.57. The number of hydrogen-bond donors (Lipinski definition) is 1. The maximum absolute atomic E-state index is 13.1. The fourth-order valence-corrected chi connectivity index (χ4v) is 3.94. The second-order valence-electron chi connectivity index (χ2n) is 6.26. The van der Waals surface area contributed by atoms with Gasteiger partial charge in [0.25, 0.3) is 0 Å². The number of nitrogens with zero attached hydrogens (tertiary/aromatic N) is 1. The molecule has 4 nitrogen and oxygen atoms in total. The minimum absolute atomic E-state index is 0.281. The summed E-state index contributed by atoms with van der Waals surface area (Å²) < 4.78 is 5.66. The van der Waals surface area contributed by atoms with E-state index in [1.54, 1.807) is 0 Å². The molecule has 2 fully saturated rings. The highest BCUT2D eigenvalue weighted by Crippen LogP contribution is 2.40. The van der Waals surface area contributed by atoms with Gasteiger partial charge in [0.1, 0.15) is 0 Å². The van der Waals surface area contributed by atoms with Crippen molar-refractivity contribution in [3.8, 4) is 0 Å². The van der Waals surface area contributed by atoms with Gasteiger partial charge in [-0.1, -0.05) is 24.3 Å². The maximum atomic E-state index is 13.1. The maximum Gasteiger partial charge on any atom is 0.233 e. The molecule has 3 aliphatic rings. The summed E-state index contributed by atoms with van der Waals surface area (Å²) >= 11 is 0. The van der Waals surface area contributed by atoms with Crippen LogP contribution in [0.5, 0.6) is 0 Å². The number of benzene rings is 1. The van der Waals surface area contributed by atoms with E-state index in [4.69, 9.17) is 4.74 Å². The highest BCUT2D eigenvalue weighted by molar-refractivity contribution is 5.84. The molecule has 1 N–H and O–H groups in total. The molecular formula is C16H20N2O2. The van der Waals surface area contributed by atoms with Gasteiger partial charge in [-0.15, -0.1) is 0 Å². The zero-order valence-corrected chi connectivity index (χ0v) is 11.6. The fraction of sp³-hybridized carbons (Fsp3) is 0.562. The highest BCUT2D eigenvalue weighted by Gasteiger charge is 2.52. The van der Waals surface area contributed by atoms with Crippen LogP contribution in [0.3, 0.4) is 0 Å². The lowest BCUT2D eigenvalue weighted by Crippen LogP contribution is -2.51. The molecule has 0 bridgehead atoms. The molecule has 2 saturated heterocycles. The van der Waals surface area contributed by atoms with E-state index in [0.29, 0.717) is 12.5 Å². The van der Waals surface area contributed by atoms with E-state index in [1.807, 2.05) is 4.90 Å². The van der Waals surface area contributed by atoms with Gasteiger partial charge in [0.15, 0.2) is 0 Å². The molecule has 3 heterocycles. The molecule has 0 saturated carbocycles. The van der Waals surface area contributed by atoms with Crippen LogP contribution < -0.4 is 5.32 Å². The van der Waals surface area contributed by atoms with E-state index < -0.39 is 0 Å². The molecule has 4 heteroatoms. The van der Waals surface area contributed by atoms with Gasteiger partial charge in [0.2, 0.25) is 5.91 Å². The Bertz CT molecular complexity index is 520. The third-order valence-corrected chi connectivity index (χ3v) is 5.14. The summed E-state index contributed by atoms with van der Waals surface area (Å²) in [5.41, 5.74) is 2.26. The first-order valence-electron chi connectivity index (χ1n) is 7.44. The van der Waals surface area contributed by atoms with Crippen molar-refractivity contribution in [3.05, 3.63) is 35.4 Å². The molecule has 20 heavy (non-hydrogen) atoms. The van der Waals surface area contributed by atoms with Crippen LogP contribution in [0.1, 0.15) is 17.5 Å². The molecule has 3 aliphatic heterocycles. The summed E-state index contributed by atoms with van der Waals surface area (Å²) in [6.07, 6.45) is 1.000. The topological polar surface area (TPSA) is 41.6 Å². The number of carbonyl (C=O) groups excluding carboxylic acids is 1. The second-order valence-corrected chi connectivity index (χ2v) is 6.26. The molecule has 0 spiro atoms. The summed E-state index contributed by atoms with van der Waals surface area (Å²) in [5.74, 6) is 0.718. The normalized spacial score (nSPS) is 32.0. The Morgan fingerprint density at radius 1 is 1.30 bits per heavy atom. The Labute approximate surface area is 119 Å². The van der Waals surface area contributed by atoms with Crippen molar-refractivity contribution >= 4 is 5.91 Å². The minimum Gasteiger partial charge on any atom is -0.380 e. The van der Waals surface area contributed by atoms with Crippen molar-refractivity contribution in [2.24, 2.45) is 11.3 Å². The van der Waals surface area contributed by atoms with Crippen LogP contribution in [0.2, 0.25) is 0 Å². The molecule has 0 radical (unpaired) electrons. The predicted octanol–water partition coefficient (Wildman–Crippen LogP) is 1.15. The van der Waals surface area contributed by atoms with Gasteiger partial charge < -0.3 is 15.0 Å². The number of fused-ring (bicyclic) bond motifs is 2. The number of carbonyl (C=O) groups is 1. The van der Waals surface area contributed by atoms with Crippen LogP contribution in [-0.2, 0) is 22.6 Å². The SMILES string of the molecule is O=C(N1Cc2ccccc2C1)[C@]12CNC[C@H]1CCOC2. The monoisotopic (exact) mass is 272 g/mol. The van der Waals surface area contributed by atoms with Crippen LogP contribution in [0.25, 0.3) is 0 Å². The van der Waals surface area contributed by atoms with E-state index in [0.717, 1.165) is 39.2 Å². The minimum atomic E-state index is -0.319. The van der Waals surface area contributed by atoms with Crippen molar-refractivity contribution in [2.75, 3.05) is 26.3 Å². The van der Waals surface area contributed by atoms with Gasteiger partial charge in [-0.05, 0) is 30.0 Å². The standard InChI is InChI=1S/C16H20N2O2/c19-15(16-10-17-7-14(16)5-6-20-11-16)18-8-12-3-1-2-4-13(12)9-18/h1-4,14,17H,5-11H2/t14-,16+/m1/s1. The molecular weight excluding hydrogens is 252 g/mol. The first kappa shape index (κ1) is 12.4. The summed E-state index contributed by atoms with van der Waals surface area (Å²) in [4.78, 5) is 15.1. The Hall–Kier alpha value is -1.39. The van der Waals surface area contributed by atoms with Gasteiger partial charge in [0, 0.05) is 26.2 Å². The summed E-state index contributed by atoms with van der Waals surface area (Å²) in [6.45, 7) is 4.60. The van der Waals surface area contributed by atoms with Gasteiger partial charge in [0.05, 0.1) is 12.0 Å². The lowest BCUT2D eigenvalue weighted by molar-refractivity contribution is -0.153. The zero-order chi connectivity index (χ0) is 13.6. The summed E-state index contributed by atoms with van der Waals surface area (Å²) in [7, 11) is 0. The van der Waals surface area contributed by atoms with Crippen molar-refractivity contribution in [1.29, 1.82) is 0 Å². The first-order valence-corrected chi connectivity index (χ1v) is 7.44. The van der Waals surface area contributed by atoms with Crippen LogP contribution in [-0.4, -0.2) is 37.1 Å². The van der Waals surface area contributed by atoms with Gasteiger partial charge in [-0.3, -0.25) is 4.79 Å². The molecule has 0 aromatic heterocycles. The number of ether oxygens (including phenoxy) is 1. The summed E-state index contributed by atoms with van der Waals surface area (Å²) in [6, 6.07) is 8.35. The molecule has 1 aromatic rings. The quantitative estimate of drug-likeness (QED) is 0.834. The van der Waals surface area contributed by atoms with Gasteiger partial charge in [-0.2, -0.15) is 0 Å². The Kier molecular flexibility index (Phi) is 2.82. The van der Waals surface area contributed by atoms with E-state index >= 15 is 0 Å². The first-order chi connectivity index (χ1) is 9.79. The predicted molar refractivity (Wildman–Crippen MR) is 74.9 cm³/mol. The van der Waals surface area contributed by atoms with E-state index in [-0.39, 0.29) is 11.3 Å². The molecule has 2 atom stereocenters.